The lowest BCUT2D eigenvalue weighted by atomic mass is 10.2. The van der Waals surface area contributed by atoms with Crippen molar-refractivity contribution >= 4 is 27.6 Å². The number of rotatable bonds is 7. The first-order chi connectivity index (χ1) is 8.88. The molecule has 0 radical (unpaired) electrons. The van der Waals surface area contributed by atoms with Crippen LogP contribution in [-0.4, -0.2) is 36.8 Å². The normalized spacial score (nSPS) is 11.5. The third-order valence-corrected chi connectivity index (χ3v) is 5.21. The van der Waals surface area contributed by atoms with Gasteiger partial charge in [-0.3, -0.25) is 0 Å². The Hall–Kier alpha value is -1.08. The molecule has 0 heterocycles. The van der Waals surface area contributed by atoms with E-state index in [2.05, 4.69) is 0 Å². The van der Waals surface area contributed by atoms with Gasteiger partial charge in [0.15, 0.2) is 9.84 Å². The molecule has 7 heteroatoms. The number of sulfone groups is 1. The third kappa shape index (κ3) is 4.50. The van der Waals surface area contributed by atoms with Gasteiger partial charge >= 0.3 is 5.97 Å². The van der Waals surface area contributed by atoms with Gasteiger partial charge in [0.2, 0.25) is 0 Å². The molecule has 0 amide bonds. The van der Waals surface area contributed by atoms with Gasteiger partial charge < -0.3 is 5.11 Å². The van der Waals surface area contributed by atoms with Crippen LogP contribution in [0.1, 0.15) is 23.7 Å². The minimum absolute atomic E-state index is 0.181. The van der Waals surface area contributed by atoms with Crippen LogP contribution in [0, 0.1) is 5.82 Å². The number of hydrogen-bond acceptors (Lipinski definition) is 4. The quantitative estimate of drug-likeness (QED) is 0.783. The van der Waals surface area contributed by atoms with Crippen molar-refractivity contribution in [3.63, 3.8) is 0 Å². The van der Waals surface area contributed by atoms with E-state index >= 15 is 0 Å². The summed E-state index contributed by atoms with van der Waals surface area (Å²) in [6, 6.07) is 2.79. The fourth-order valence-electron chi connectivity index (χ4n) is 1.48. The van der Waals surface area contributed by atoms with Crippen LogP contribution >= 0.6 is 11.8 Å². The number of aromatic carboxylic acids is 1. The van der Waals surface area contributed by atoms with Crippen LogP contribution < -0.4 is 0 Å². The van der Waals surface area contributed by atoms with E-state index in [9.17, 15) is 17.6 Å². The molecule has 1 aromatic carbocycles. The molecule has 0 aliphatic rings. The van der Waals surface area contributed by atoms with E-state index in [0.29, 0.717) is 12.2 Å². The van der Waals surface area contributed by atoms with Crippen molar-refractivity contribution in [2.75, 3.05) is 17.3 Å². The minimum Gasteiger partial charge on any atom is -0.478 e. The largest absolute Gasteiger partial charge is 0.478 e. The summed E-state index contributed by atoms with van der Waals surface area (Å²) in [5.41, 5.74) is -0.233. The first-order valence-electron chi connectivity index (χ1n) is 5.72. The van der Waals surface area contributed by atoms with Gasteiger partial charge in [-0.25, -0.2) is 17.6 Å². The second kappa shape index (κ2) is 6.91. The number of halogens is 1. The molecule has 1 rings (SSSR count). The maximum absolute atomic E-state index is 13.5. The van der Waals surface area contributed by atoms with Crippen molar-refractivity contribution in [3.8, 4) is 0 Å². The second-order valence-electron chi connectivity index (χ2n) is 3.82. The summed E-state index contributed by atoms with van der Waals surface area (Å²) in [5.74, 6) is -0.801. The van der Waals surface area contributed by atoms with Crippen LogP contribution in [0.4, 0.5) is 4.39 Å². The Morgan fingerprint density at radius 1 is 1.42 bits per heavy atom. The van der Waals surface area contributed by atoms with E-state index < -0.39 is 26.5 Å². The molecule has 0 saturated heterocycles. The number of hydrogen-bond donors (Lipinski definition) is 1. The molecule has 4 nitrogen and oxygen atoms in total. The maximum Gasteiger partial charge on any atom is 0.335 e. The van der Waals surface area contributed by atoms with E-state index in [1.807, 2.05) is 6.92 Å². The molecule has 0 aliphatic carbocycles. The van der Waals surface area contributed by atoms with E-state index in [1.54, 1.807) is 11.8 Å². The summed E-state index contributed by atoms with van der Waals surface area (Å²) in [6.07, 6.45) is 0.414. The van der Waals surface area contributed by atoms with Gasteiger partial charge in [0.25, 0.3) is 0 Å². The van der Waals surface area contributed by atoms with Gasteiger partial charge in [0, 0.05) is 0 Å². The molecule has 0 aromatic heterocycles. The number of benzene rings is 1. The summed E-state index contributed by atoms with van der Waals surface area (Å²) >= 11 is 1.60. The third-order valence-electron chi connectivity index (χ3n) is 2.42. The Bertz CT molecular complexity index is 555. The Morgan fingerprint density at radius 2 is 2.11 bits per heavy atom. The van der Waals surface area contributed by atoms with Crippen molar-refractivity contribution < 1.29 is 22.7 Å². The summed E-state index contributed by atoms with van der Waals surface area (Å²) < 4.78 is 37.4. The summed E-state index contributed by atoms with van der Waals surface area (Å²) in [5, 5.41) is 8.79. The number of carboxylic acids is 1. The molecule has 0 spiro atoms. The van der Waals surface area contributed by atoms with Gasteiger partial charge in [0.05, 0.1) is 11.3 Å². The zero-order chi connectivity index (χ0) is 14.5. The Kier molecular flexibility index (Phi) is 5.81. The maximum atomic E-state index is 13.5. The van der Waals surface area contributed by atoms with Crippen molar-refractivity contribution in [3.05, 3.63) is 29.6 Å². The van der Waals surface area contributed by atoms with Crippen LogP contribution in [0.15, 0.2) is 23.1 Å². The van der Waals surface area contributed by atoms with Gasteiger partial charge in [-0.1, -0.05) is 6.92 Å². The SMILES string of the molecule is CCSCCCS(=O)(=O)c1cc(C(=O)O)ccc1F. The smallest absolute Gasteiger partial charge is 0.335 e. The monoisotopic (exact) mass is 306 g/mol. The molecule has 0 fully saturated rings. The van der Waals surface area contributed by atoms with E-state index in [1.165, 1.54) is 0 Å². The topological polar surface area (TPSA) is 71.4 Å². The second-order valence-corrected chi connectivity index (χ2v) is 7.29. The Balaban J connectivity index is 2.94. The highest BCUT2D eigenvalue weighted by molar-refractivity contribution is 7.99. The zero-order valence-corrected chi connectivity index (χ0v) is 12.1. The number of carboxylic acid groups (broad SMARTS) is 1. The van der Waals surface area contributed by atoms with Crippen LogP contribution in [-0.2, 0) is 9.84 Å². The van der Waals surface area contributed by atoms with Gasteiger partial charge in [-0.05, 0) is 36.1 Å². The Morgan fingerprint density at radius 3 is 2.68 bits per heavy atom. The summed E-state index contributed by atoms with van der Waals surface area (Å²) in [7, 11) is -3.78. The fourth-order valence-corrected chi connectivity index (χ4v) is 3.72. The summed E-state index contributed by atoms with van der Waals surface area (Å²) in [4.78, 5) is 10.2. The van der Waals surface area contributed by atoms with Crippen LogP contribution in [0.3, 0.4) is 0 Å². The molecule has 0 saturated carbocycles. The standard InChI is InChI=1S/C12H15FO4S2/c1-2-18-6-3-7-19(16,17)11-8-9(12(14)15)4-5-10(11)13/h4-5,8H,2-3,6-7H2,1H3,(H,14,15). The van der Waals surface area contributed by atoms with Gasteiger partial charge in [-0.2, -0.15) is 11.8 Å². The highest BCUT2D eigenvalue weighted by Crippen LogP contribution is 2.19. The average Bonchev–Trinajstić information content (AvgIpc) is 2.34. The zero-order valence-electron chi connectivity index (χ0n) is 10.4. The Labute approximate surface area is 115 Å². The number of carbonyl (C=O) groups is 1. The molecule has 106 valence electrons. The van der Waals surface area contributed by atoms with Crippen molar-refractivity contribution in [2.24, 2.45) is 0 Å². The molecule has 19 heavy (non-hydrogen) atoms. The van der Waals surface area contributed by atoms with E-state index in [0.717, 1.165) is 24.0 Å². The molecule has 0 bridgehead atoms. The van der Waals surface area contributed by atoms with E-state index in [-0.39, 0.29) is 11.3 Å². The van der Waals surface area contributed by atoms with Gasteiger partial charge in [0.1, 0.15) is 10.7 Å². The first kappa shape index (κ1) is 16.0. The highest BCUT2D eigenvalue weighted by atomic mass is 32.2. The molecule has 1 N–H and O–H groups in total. The lowest BCUT2D eigenvalue weighted by Gasteiger charge is -2.06. The molecule has 0 unspecified atom stereocenters. The lowest BCUT2D eigenvalue weighted by molar-refractivity contribution is 0.0696. The fraction of sp³-hybridized carbons (Fsp3) is 0.417. The molecule has 0 atom stereocenters. The van der Waals surface area contributed by atoms with Crippen LogP contribution in [0.2, 0.25) is 0 Å². The predicted molar refractivity (Wildman–Crippen MR) is 73.0 cm³/mol. The average molecular weight is 306 g/mol. The molecule has 1 aromatic rings. The number of thioether (sulfide) groups is 1. The molecule has 0 aliphatic heterocycles. The predicted octanol–water partition coefficient (Wildman–Crippen LogP) is 2.44. The van der Waals surface area contributed by atoms with Crippen LogP contribution in [0.25, 0.3) is 0 Å². The first-order valence-corrected chi connectivity index (χ1v) is 8.52. The van der Waals surface area contributed by atoms with E-state index in [4.69, 9.17) is 5.11 Å². The van der Waals surface area contributed by atoms with Crippen molar-refractivity contribution in [2.45, 2.75) is 18.2 Å². The minimum atomic E-state index is -3.78. The van der Waals surface area contributed by atoms with Gasteiger partial charge in [-0.15, -0.1) is 0 Å². The summed E-state index contributed by atoms with van der Waals surface area (Å²) in [6.45, 7) is 1.97. The van der Waals surface area contributed by atoms with Crippen LogP contribution in [0.5, 0.6) is 0 Å². The van der Waals surface area contributed by atoms with Crippen molar-refractivity contribution in [1.82, 2.24) is 0 Å². The highest BCUT2D eigenvalue weighted by Gasteiger charge is 2.20. The molecular formula is C12H15FO4S2. The molecular weight excluding hydrogens is 291 g/mol. The lowest BCUT2D eigenvalue weighted by Crippen LogP contribution is -2.11. The van der Waals surface area contributed by atoms with Crippen molar-refractivity contribution in [1.29, 1.82) is 0 Å².